The maximum absolute atomic E-state index is 12.6. The van der Waals surface area contributed by atoms with Crippen molar-refractivity contribution in [3.8, 4) is 0 Å². The number of amides is 1. The molecule has 5 rings (SSSR count). The molecule has 1 aliphatic rings. The molecule has 3 heterocycles. The van der Waals surface area contributed by atoms with E-state index in [-0.39, 0.29) is 23.5 Å². The number of likely N-dealkylation sites (tertiary alicyclic amines) is 1. The van der Waals surface area contributed by atoms with Crippen molar-refractivity contribution in [2.75, 3.05) is 18.4 Å². The zero-order valence-corrected chi connectivity index (χ0v) is 22.9. The Hall–Kier alpha value is -3.48. The van der Waals surface area contributed by atoms with Gasteiger partial charge in [-0.3, -0.25) is 0 Å². The van der Waals surface area contributed by atoms with Gasteiger partial charge in [0.2, 0.25) is 10.0 Å². The van der Waals surface area contributed by atoms with Crippen LogP contribution in [-0.2, 0) is 27.9 Å². The summed E-state index contributed by atoms with van der Waals surface area (Å²) in [6, 6.07) is 18.0. The van der Waals surface area contributed by atoms with E-state index in [4.69, 9.17) is 14.9 Å². The summed E-state index contributed by atoms with van der Waals surface area (Å²) < 4.78 is 31.0. The molecule has 4 aromatic rings. The fourth-order valence-corrected chi connectivity index (χ4v) is 5.31. The van der Waals surface area contributed by atoms with Crippen molar-refractivity contribution in [1.82, 2.24) is 19.5 Å². The molecule has 0 radical (unpaired) electrons. The minimum absolute atomic E-state index is 0.0705. The van der Waals surface area contributed by atoms with Crippen LogP contribution in [0.2, 0.25) is 0 Å². The first-order chi connectivity index (χ1) is 18.3. The molecule has 1 amide bonds. The first-order valence-corrected chi connectivity index (χ1v) is 14.5. The Morgan fingerprint density at radius 3 is 2.47 bits per heavy atom. The third kappa shape index (κ3) is 5.98. The number of nitrogens with two attached hydrogens (primary N) is 1. The number of halogens is 1. The number of anilines is 1. The van der Waals surface area contributed by atoms with Crippen LogP contribution in [-0.4, -0.2) is 47.1 Å². The molecule has 0 atom stereocenters. The number of carbonyl (C=O) groups excluding carboxylic acids is 1. The number of aromatic nitrogens is 3. The first kappa shape index (κ1) is 26.1. The molecule has 0 aliphatic carbocycles. The van der Waals surface area contributed by atoms with Gasteiger partial charge in [0, 0.05) is 37.3 Å². The largest absolute Gasteiger partial charge is 0.445 e. The minimum atomic E-state index is -3.74. The number of hydrogen-bond acceptors (Lipinski definition) is 7. The predicted octanol–water partition coefficient (Wildman–Crippen LogP) is 4.27. The van der Waals surface area contributed by atoms with E-state index >= 15 is 0 Å². The van der Waals surface area contributed by atoms with Crippen LogP contribution in [0.4, 0.5) is 10.6 Å². The monoisotopic (exact) mass is 598 g/mol. The molecule has 0 bridgehead atoms. The molecule has 38 heavy (non-hydrogen) atoms. The van der Waals surface area contributed by atoms with Gasteiger partial charge in [0.05, 0.1) is 15.6 Å². The average molecular weight is 600 g/mol. The van der Waals surface area contributed by atoms with Crippen LogP contribution in [0, 0.1) is 0 Å². The number of nitrogens with one attached hydrogen (secondary N) is 1. The van der Waals surface area contributed by atoms with Crippen LogP contribution in [0.5, 0.6) is 0 Å². The molecule has 198 valence electrons. The zero-order valence-electron chi connectivity index (χ0n) is 20.5. The third-order valence-corrected chi connectivity index (χ3v) is 8.04. The highest BCUT2D eigenvalue weighted by molar-refractivity contribution is 9.10. The van der Waals surface area contributed by atoms with E-state index in [1.54, 1.807) is 27.7 Å². The Balaban J connectivity index is 1.25. The highest BCUT2D eigenvalue weighted by Crippen LogP contribution is 2.31. The van der Waals surface area contributed by atoms with E-state index in [9.17, 15) is 13.2 Å². The zero-order chi connectivity index (χ0) is 26.7. The Labute approximate surface area is 229 Å². The van der Waals surface area contributed by atoms with E-state index in [2.05, 4.69) is 26.3 Å². The van der Waals surface area contributed by atoms with Gasteiger partial charge in [-0.25, -0.2) is 23.3 Å². The fourth-order valence-electron chi connectivity index (χ4n) is 4.45. The number of piperidine rings is 1. The molecule has 2 aromatic heterocycles. The quantitative estimate of drug-likeness (QED) is 0.324. The minimum Gasteiger partial charge on any atom is -0.445 e. The van der Waals surface area contributed by atoms with Gasteiger partial charge in [-0.15, -0.1) is 0 Å². The Morgan fingerprint density at radius 1 is 1.08 bits per heavy atom. The number of fused-ring (bicyclic) bond motifs is 1. The number of ether oxygens (including phenoxy) is 1. The number of rotatable bonds is 7. The Kier molecular flexibility index (Phi) is 7.63. The van der Waals surface area contributed by atoms with E-state index in [1.807, 2.05) is 36.4 Å². The molecule has 12 heteroatoms. The van der Waals surface area contributed by atoms with Crippen molar-refractivity contribution in [2.24, 2.45) is 5.14 Å². The molecule has 1 fully saturated rings. The molecule has 0 spiro atoms. The molecule has 1 aliphatic heterocycles. The van der Waals surface area contributed by atoms with E-state index < -0.39 is 10.0 Å². The molecular weight excluding hydrogens is 572 g/mol. The maximum atomic E-state index is 12.6. The summed E-state index contributed by atoms with van der Waals surface area (Å²) in [6.07, 6.45) is 2.93. The first-order valence-electron chi connectivity index (χ1n) is 12.1. The van der Waals surface area contributed by atoms with Crippen LogP contribution in [0.25, 0.3) is 5.65 Å². The highest BCUT2D eigenvalue weighted by Gasteiger charge is 2.27. The normalized spacial score (nSPS) is 14.5. The second kappa shape index (κ2) is 11.1. The van der Waals surface area contributed by atoms with E-state index in [1.165, 1.54) is 12.1 Å². The summed E-state index contributed by atoms with van der Waals surface area (Å²) >= 11 is 3.54. The van der Waals surface area contributed by atoms with Crippen molar-refractivity contribution in [2.45, 2.75) is 36.8 Å². The molecule has 1 saturated heterocycles. The highest BCUT2D eigenvalue weighted by atomic mass is 79.9. The lowest BCUT2D eigenvalue weighted by molar-refractivity contribution is 0.0868. The van der Waals surface area contributed by atoms with Gasteiger partial charge in [-0.2, -0.15) is 9.61 Å². The Bertz CT molecular complexity index is 1540. The van der Waals surface area contributed by atoms with Crippen molar-refractivity contribution in [3.05, 3.63) is 88.2 Å². The fraction of sp³-hybridized carbons (Fsp3) is 0.269. The van der Waals surface area contributed by atoms with Gasteiger partial charge in [0.1, 0.15) is 12.4 Å². The molecular formula is C26H27BrN6O4S. The van der Waals surface area contributed by atoms with Gasteiger partial charge in [0.25, 0.3) is 0 Å². The molecule has 2 aromatic carbocycles. The van der Waals surface area contributed by atoms with Crippen LogP contribution in [0.1, 0.15) is 35.6 Å². The predicted molar refractivity (Wildman–Crippen MR) is 146 cm³/mol. The summed E-state index contributed by atoms with van der Waals surface area (Å²) in [7, 11) is -3.74. The molecule has 0 unspecified atom stereocenters. The average Bonchev–Trinajstić information content (AvgIpc) is 3.31. The number of carbonyl (C=O) groups is 1. The topological polar surface area (TPSA) is 132 Å². The second-order valence-corrected chi connectivity index (χ2v) is 11.6. The lowest BCUT2D eigenvalue weighted by Crippen LogP contribution is -2.38. The van der Waals surface area contributed by atoms with Gasteiger partial charge < -0.3 is 15.0 Å². The van der Waals surface area contributed by atoms with Crippen LogP contribution in [0.15, 0.2) is 76.2 Å². The molecule has 10 nitrogen and oxygen atoms in total. The SMILES string of the molecule is NS(=O)(=O)c1ccc(CNc2cc(C3CCN(C(=O)OCc4ccccc4)CC3)nc3c(Br)cnn23)cc1. The van der Waals surface area contributed by atoms with Crippen LogP contribution in [0.3, 0.4) is 0 Å². The van der Waals surface area contributed by atoms with Crippen molar-refractivity contribution in [3.63, 3.8) is 0 Å². The number of sulfonamides is 1. The van der Waals surface area contributed by atoms with Crippen molar-refractivity contribution in [1.29, 1.82) is 0 Å². The number of primary sulfonamides is 1. The van der Waals surface area contributed by atoms with Crippen LogP contribution < -0.4 is 10.5 Å². The van der Waals surface area contributed by atoms with E-state index in [0.29, 0.717) is 25.3 Å². The van der Waals surface area contributed by atoms with E-state index in [0.717, 1.165) is 40.0 Å². The molecule has 0 saturated carbocycles. The number of benzene rings is 2. The molecule has 3 N–H and O–H groups in total. The summed E-state index contributed by atoms with van der Waals surface area (Å²) in [4.78, 5) is 19.2. The lowest BCUT2D eigenvalue weighted by Gasteiger charge is -2.31. The summed E-state index contributed by atoms with van der Waals surface area (Å²) in [5.74, 6) is 0.936. The van der Waals surface area contributed by atoms with Crippen LogP contribution >= 0.6 is 15.9 Å². The number of hydrogen-bond donors (Lipinski definition) is 2. The maximum Gasteiger partial charge on any atom is 0.410 e. The standard InChI is InChI=1S/C26H27BrN6O4S/c27-22-16-30-33-24(29-15-18-6-8-21(9-7-18)38(28,35)36)14-23(31-25(22)33)20-10-12-32(13-11-20)26(34)37-17-19-4-2-1-3-5-19/h1-9,14,16,20,29H,10-13,15,17H2,(H2,28,35,36). The summed E-state index contributed by atoms with van der Waals surface area (Å²) in [5.41, 5.74) is 3.46. The van der Waals surface area contributed by atoms with Crippen molar-refractivity contribution < 1.29 is 17.9 Å². The summed E-state index contributed by atoms with van der Waals surface area (Å²) in [6.45, 7) is 1.88. The smallest absolute Gasteiger partial charge is 0.410 e. The summed E-state index contributed by atoms with van der Waals surface area (Å²) in [5, 5.41) is 13.0. The van der Waals surface area contributed by atoms with Gasteiger partial charge in [0.15, 0.2) is 5.65 Å². The Morgan fingerprint density at radius 2 is 1.79 bits per heavy atom. The van der Waals surface area contributed by atoms with Crippen molar-refractivity contribution >= 4 is 43.5 Å². The number of nitrogens with zero attached hydrogens (tertiary/aromatic N) is 4. The second-order valence-electron chi connectivity index (χ2n) is 9.14. The van der Waals surface area contributed by atoms with Gasteiger partial charge in [-0.1, -0.05) is 42.5 Å². The van der Waals surface area contributed by atoms with Gasteiger partial charge in [-0.05, 0) is 52.0 Å². The third-order valence-electron chi connectivity index (χ3n) is 6.55. The van der Waals surface area contributed by atoms with Gasteiger partial charge >= 0.3 is 6.09 Å². The lowest BCUT2D eigenvalue weighted by atomic mass is 9.93.